The molecule has 0 aromatic heterocycles. The van der Waals surface area contributed by atoms with Crippen molar-refractivity contribution in [3.63, 3.8) is 0 Å². The van der Waals surface area contributed by atoms with Gasteiger partial charge in [-0.3, -0.25) is 9.59 Å². The SMILES string of the molecule is COc1ccc(NC(=O)CCNC(=O)c2ccc(F)cc2F)c(OC)c1. The molecule has 0 aliphatic carbocycles. The Labute approximate surface area is 149 Å². The van der Waals surface area contributed by atoms with Crippen LogP contribution in [0.4, 0.5) is 14.5 Å². The quantitative estimate of drug-likeness (QED) is 0.792. The number of amides is 2. The predicted octanol–water partition coefficient (Wildman–Crippen LogP) is 2.74. The molecule has 0 unspecified atom stereocenters. The Morgan fingerprint density at radius 2 is 1.81 bits per heavy atom. The average Bonchev–Trinajstić information content (AvgIpc) is 2.61. The fourth-order valence-electron chi connectivity index (χ4n) is 2.17. The number of anilines is 1. The van der Waals surface area contributed by atoms with Crippen molar-refractivity contribution in [2.75, 3.05) is 26.1 Å². The fourth-order valence-corrected chi connectivity index (χ4v) is 2.17. The zero-order valence-electron chi connectivity index (χ0n) is 14.3. The van der Waals surface area contributed by atoms with Gasteiger partial charge < -0.3 is 20.1 Å². The number of ether oxygens (including phenoxy) is 2. The Balaban J connectivity index is 1.88. The van der Waals surface area contributed by atoms with Crippen LogP contribution in [0.3, 0.4) is 0 Å². The van der Waals surface area contributed by atoms with E-state index in [2.05, 4.69) is 10.6 Å². The van der Waals surface area contributed by atoms with Crippen molar-refractivity contribution in [1.29, 1.82) is 0 Å². The molecule has 0 fully saturated rings. The second-order valence-electron chi connectivity index (χ2n) is 5.24. The average molecular weight is 364 g/mol. The number of hydrogen-bond donors (Lipinski definition) is 2. The molecule has 0 aliphatic rings. The predicted molar refractivity (Wildman–Crippen MR) is 91.5 cm³/mol. The number of halogens is 2. The van der Waals surface area contributed by atoms with Gasteiger partial charge in [-0.25, -0.2) is 8.78 Å². The van der Waals surface area contributed by atoms with Gasteiger partial charge in [0, 0.05) is 25.1 Å². The highest BCUT2D eigenvalue weighted by Crippen LogP contribution is 2.29. The molecule has 6 nitrogen and oxygen atoms in total. The Hall–Kier alpha value is -3.16. The molecule has 2 aromatic rings. The summed E-state index contributed by atoms with van der Waals surface area (Å²) in [6.45, 7) is -0.0139. The van der Waals surface area contributed by atoms with Crippen molar-refractivity contribution in [3.8, 4) is 11.5 Å². The highest BCUT2D eigenvalue weighted by atomic mass is 19.1. The summed E-state index contributed by atoms with van der Waals surface area (Å²) >= 11 is 0. The van der Waals surface area contributed by atoms with Crippen LogP contribution >= 0.6 is 0 Å². The first-order valence-corrected chi connectivity index (χ1v) is 7.69. The smallest absolute Gasteiger partial charge is 0.254 e. The van der Waals surface area contributed by atoms with E-state index in [1.165, 1.54) is 14.2 Å². The van der Waals surface area contributed by atoms with E-state index < -0.39 is 17.5 Å². The van der Waals surface area contributed by atoms with Gasteiger partial charge in [0.05, 0.1) is 25.5 Å². The summed E-state index contributed by atoms with van der Waals surface area (Å²) in [7, 11) is 2.97. The van der Waals surface area contributed by atoms with Crippen molar-refractivity contribution >= 4 is 17.5 Å². The fraction of sp³-hybridized carbons (Fsp3) is 0.222. The van der Waals surface area contributed by atoms with Gasteiger partial charge in [0.25, 0.3) is 5.91 Å². The molecule has 0 atom stereocenters. The maximum atomic E-state index is 13.5. The molecule has 0 radical (unpaired) electrons. The van der Waals surface area contributed by atoms with Crippen LogP contribution in [-0.4, -0.2) is 32.6 Å². The molecule has 0 saturated carbocycles. The Kier molecular flexibility index (Phi) is 6.48. The Bertz CT molecular complexity index is 812. The second kappa shape index (κ2) is 8.80. The standard InChI is InChI=1S/C18H18F2N2O4/c1-25-12-4-6-15(16(10-12)26-2)22-17(23)7-8-21-18(24)13-5-3-11(19)9-14(13)20/h3-6,9-10H,7-8H2,1-2H3,(H,21,24)(H,22,23). The molecule has 2 N–H and O–H groups in total. The molecule has 0 heterocycles. The van der Waals surface area contributed by atoms with Gasteiger partial charge in [-0.2, -0.15) is 0 Å². The molecule has 0 bridgehead atoms. The number of carbonyl (C=O) groups excluding carboxylic acids is 2. The van der Waals surface area contributed by atoms with Gasteiger partial charge in [0.15, 0.2) is 0 Å². The molecule has 0 spiro atoms. The molecule has 2 aromatic carbocycles. The van der Waals surface area contributed by atoms with Gasteiger partial charge in [-0.15, -0.1) is 0 Å². The van der Waals surface area contributed by atoms with Crippen LogP contribution in [0.1, 0.15) is 16.8 Å². The highest BCUT2D eigenvalue weighted by Gasteiger charge is 2.13. The van der Waals surface area contributed by atoms with Crippen LogP contribution in [0.2, 0.25) is 0 Å². The van der Waals surface area contributed by atoms with E-state index in [4.69, 9.17) is 9.47 Å². The van der Waals surface area contributed by atoms with E-state index in [0.717, 1.165) is 12.1 Å². The van der Waals surface area contributed by atoms with Crippen LogP contribution in [0, 0.1) is 11.6 Å². The Morgan fingerprint density at radius 3 is 2.46 bits per heavy atom. The number of nitrogens with one attached hydrogen (secondary N) is 2. The molecular formula is C18H18F2N2O4. The number of carbonyl (C=O) groups is 2. The minimum Gasteiger partial charge on any atom is -0.497 e. The molecule has 2 rings (SSSR count). The number of rotatable bonds is 7. The van der Waals surface area contributed by atoms with Crippen molar-refractivity contribution < 1.29 is 27.8 Å². The number of methoxy groups -OCH3 is 2. The summed E-state index contributed by atoms with van der Waals surface area (Å²) in [5.41, 5.74) is 0.165. The lowest BCUT2D eigenvalue weighted by molar-refractivity contribution is -0.116. The number of hydrogen-bond acceptors (Lipinski definition) is 4. The van der Waals surface area contributed by atoms with Crippen molar-refractivity contribution in [2.45, 2.75) is 6.42 Å². The molecular weight excluding hydrogens is 346 g/mol. The van der Waals surface area contributed by atoms with Crippen LogP contribution in [0.25, 0.3) is 0 Å². The molecule has 0 aliphatic heterocycles. The van der Waals surface area contributed by atoms with Crippen LogP contribution in [0.15, 0.2) is 36.4 Å². The lowest BCUT2D eigenvalue weighted by atomic mass is 10.2. The zero-order valence-corrected chi connectivity index (χ0v) is 14.3. The Morgan fingerprint density at radius 1 is 1.04 bits per heavy atom. The van der Waals surface area contributed by atoms with Crippen LogP contribution in [-0.2, 0) is 4.79 Å². The van der Waals surface area contributed by atoms with Crippen LogP contribution < -0.4 is 20.1 Å². The van der Waals surface area contributed by atoms with Crippen molar-refractivity contribution in [1.82, 2.24) is 5.32 Å². The highest BCUT2D eigenvalue weighted by molar-refractivity contribution is 5.95. The van der Waals surface area contributed by atoms with Crippen molar-refractivity contribution in [3.05, 3.63) is 53.6 Å². The summed E-state index contributed by atoms with van der Waals surface area (Å²) in [5, 5.41) is 5.06. The summed E-state index contributed by atoms with van der Waals surface area (Å²) < 4.78 is 36.6. The maximum absolute atomic E-state index is 13.5. The summed E-state index contributed by atoms with van der Waals surface area (Å²) in [6.07, 6.45) is -0.0380. The van der Waals surface area contributed by atoms with Gasteiger partial charge in [0.1, 0.15) is 23.1 Å². The summed E-state index contributed by atoms with van der Waals surface area (Å²) in [4.78, 5) is 23.8. The minimum absolute atomic E-state index is 0.0139. The maximum Gasteiger partial charge on any atom is 0.254 e. The second-order valence-corrected chi connectivity index (χ2v) is 5.24. The lowest BCUT2D eigenvalue weighted by Crippen LogP contribution is -2.28. The molecule has 138 valence electrons. The van der Waals surface area contributed by atoms with E-state index in [9.17, 15) is 18.4 Å². The molecule has 2 amide bonds. The third-order valence-corrected chi connectivity index (χ3v) is 3.50. The van der Waals surface area contributed by atoms with Gasteiger partial charge in [0.2, 0.25) is 5.91 Å². The first kappa shape index (κ1) is 19.2. The van der Waals surface area contributed by atoms with E-state index in [1.807, 2.05) is 0 Å². The first-order valence-electron chi connectivity index (χ1n) is 7.69. The van der Waals surface area contributed by atoms with E-state index in [0.29, 0.717) is 23.3 Å². The third kappa shape index (κ3) is 4.92. The number of benzene rings is 2. The van der Waals surface area contributed by atoms with E-state index in [1.54, 1.807) is 18.2 Å². The molecule has 8 heteroatoms. The summed E-state index contributed by atoms with van der Waals surface area (Å²) in [6, 6.07) is 7.56. The molecule has 0 saturated heterocycles. The summed E-state index contributed by atoms with van der Waals surface area (Å²) in [5.74, 6) is -1.82. The van der Waals surface area contributed by atoms with Crippen molar-refractivity contribution in [2.24, 2.45) is 0 Å². The van der Waals surface area contributed by atoms with Gasteiger partial charge in [-0.1, -0.05) is 0 Å². The van der Waals surface area contributed by atoms with Gasteiger partial charge in [-0.05, 0) is 24.3 Å². The topological polar surface area (TPSA) is 76.7 Å². The molecule has 26 heavy (non-hydrogen) atoms. The van der Waals surface area contributed by atoms with Gasteiger partial charge >= 0.3 is 0 Å². The zero-order chi connectivity index (χ0) is 19.1. The van der Waals surface area contributed by atoms with E-state index >= 15 is 0 Å². The monoisotopic (exact) mass is 364 g/mol. The normalized spacial score (nSPS) is 10.2. The van der Waals surface area contributed by atoms with Crippen LogP contribution in [0.5, 0.6) is 11.5 Å². The minimum atomic E-state index is -0.963. The largest absolute Gasteiger partial charge is 0.497 e. The lowest BCUT2D eigenvalue weighted by Gasteiger charge is -2.12. The third-order valence-electron chi connectivity index (χ3n) is 3.50. The van der Waals surface area contributed by atoms with E-state index in [-0.39, 0.29) is 24.4 Å². The first-order chi connectivity index (χ1) is 12.4.